The van der Waals surface area contributed by atoms with Gasteiger partial charge in [0.15, 0.2) is 0 Å². The van der Waals surface area contributed by atoms with Gasteiger partial charge < -0.3 is 0 Å². The van der Waals surface area contributed by atoms with E-state index >= 15 is 0 Å². The van der Waals surface area contributed by atoms with Gasteiger partial charge in [-0.05, 0) is 47.5 Å². The van der Waals surface area contributed by atoms with E-state index in [4.69, 9.17) is 11.6 Å². The van der Waals surface area contributed by atoms with E-state index in [1.165, 1.54) is 17.1 Å². The minimum Gasteiger partial charge on any atom is -0.295 e. The molecule has 2 aliphatic heterocycles. The Kier molecular flexibility index (Phi) is 5.62. The number of para-hydroxylation sites is 1. The number of Topliss-reactive ketones (excluding diaryl/α,β-unsaturated/α-hetero) is 1. The van der Waals surface area contributed by atoms with Crippen LogP contribution in [0.3, 0.4) is 0 Å². The quantitative estimate of drug-likeness (QED) is 0.304. The van der Waals surface area contributed by atoms with Crippen LogP contribution in [0.2, 0.25) is 5.02 Å². The molecule has 0 saturated carbocycles. The fourth-order valence-corrected chi connectivity index (χ4v) is 4.37. The number of rotatable bonds is 5. The molecule has 10 heteroatoms. The molecule has 1 unspecified atom stereocenters. The smallest absolute Gasteiger partial charge is 0.295 e. The number of hydrazone groups is 1. The molecule has 5 rings (SSSR count). The largest absolute Gasteiger partial charge is 0.299 e. The second-order valence-corrected chi connectivity index (χ2v) is 8.53. The zero-order chi connectivity index (χ0) is 24.7. The number of hydrogen-bond donors (Lipinski definition) is 0. The summed E-state index contributed by atoms with van der Waals surface area (Å²) in [5.74, 6) is -1.89. The van der Waals surface area contributed by atoms with Crippen molar-refractivity contribution in [3.8, 4) is 0 Å². The molecule has 2 heterocycles. The van der Waals surface area contributed by atoms with Crippen LogP contribution in [-0.2, 0) is 9.59 Å². The van der Waals surface area contributed by atoms with Gasteiger partial charge in [0.1, 0.15) is 6.54 Å². The van der Waals surface area contributed by atoms with Crippen molar-refractivity contribution in [3.63, 3.8) is 0 Å². The van der Waals surface area contributed by atoms with Crippen molar-refractivity contribution in [2.24, 2.45) is 5.10 Å². The maximum absolute atomic E-state index is 13.4. The Hall–Kier alpha value is -4.37. The number of carbonyl (C=O) groups excluding carboxylic acids is 3. The monoisotopic (exact) mass is 488 g/mol. The summed E-state index contributed by atoms with van der Waals surface area (Å²) in [5, 5.41) is 17.4. The molecule has 9 nitrogen and oxygen atoms in total. The van der Waals surface area contributed by atoms with E-state index in [9.17, 15) is 24.5 Å². The van der Waals surface area contributed by atoms with E-state index in [0.29, 0.717) is 28.4 Å². The lowest BCUT2D eigenvalue weighted by Gasteiger charge is -2.24. The number of fused-ring (bicyclic) bond motifs is 1. The van der Waals surface area contributed by atoms with Crippen LogP contribution in [-0.4, -0.2) is 39.8 Å². The number of nitro groups is 1. The average Bonchev–Trinajstić information content (AvgIpc) is 3.41. The topological polar surface area (TPSA) is 113 Å². The Bertz CT molecular complexity index is 1400. The third kappa shape index (κ3) is 4.06. The van der Waals surface area contributed by atoms with E-state index in [1.54, 1.807) is 60.7 Å². The lowest BCUT2D eigenvalue weighted by Crippen LogP contribution is -2.40. The molecular formula is C25H17ClN4O5. The molecule has 3 aromatic carbocycles. The predicted octanol–water partition coefficient (Wildman–Crippen LogP) is 4.16. The first-order valence-corrected chi connectivity index (χ1v) is 11.1. The van der Waals surface area contributed by atoms with Gasteiger partial charge in [0, 0.05) is 23.6 Å². The number of amides is 2. The first-order chi connectivity index (χ1) is 16.8. The molecular weight excluding hydrogens is 472 g/mol. The number of nitrogens with zero attached hydrogens (tertiary/aromatic N) is 4. The van der Waals surface area contributed by atoms with Gasteiger partial charge in [-0.3, -0.25) is 29.4 Å². The number of non-ortho nitro benzene ring substituents is 1. The number of carbonyl (C=O) groups is 3. The number of halogens is 1. The molecule has 0 spiro atoms. The van der Waals surface area contributed by atoms with Crippen molar-refractivity contribution >= 4 is 46.3 Å². The highest BCUT2D eigenvalue weighted by atomic mass is 35.5. The lowest BCUT2D eigenvalue weighted by molar-refractivity contribution is -0.384. The van der Waals surface area contributed by atoms with E-state index in [1.807, 2.05) is 0 Å². The van der Waals surface area contributed by atoms with E-state index < -0.39 is 28.6 Å². The second kappa shape index (κ2) is 8.77. The Labute approximate surface area is 204 Å². The van der Waals surface area contributed by atoms with Crippen LogP contribution in [0.15, 0.2) is 77.9 Å². The highest BCUT2D eigenvalue weighted by molar-refractivity contribution is 6.52. The third-order valence-electron chi connectivity index (χ3n) is 6.00. The average molecular weight is 489 g/mol. The molecule has 0 bridgehead atoms. The number of nitro benzene ring substituents is 1. The van der Waals surface area contributed by atoms with Gasteiger partial charge in [-0.2, -0.15) is 5.10 Å². The summed E-state index contributed by atoms with van der Waals surface area (Å²) in [6.45, 7) is -0.358. The Morgan fingerprint density at radius 1 is 1.03 bits per heavy atom. The molecule has 0 N–H and O–H groups in total. The minimum absolute atomic E-state index is 0.0505. The molecule has 0 fully saturated rings. The van der Waals surface area contributed by atoms with E-state index in [-0.39, 0.29) is 17.8 Å². The van der Waals surface area contributed by atoms with Crippen LogP contribution < -0.4 is 4.90 Å². The van der Waals surface area contributed by atoms with Gasteiger partial charge >= 0.3 is 0 Å². The van der Waals surface area contributed by atoms with E-state index in [2.05, 4.69) is 5.10 Å². The maximum atomic E-state index is 13.4. The van der Waals surface area contributed by atoms with Gasteiger partial charge in [0.2, 0.25) is 0 Å². The second-order valence-electron chi connectivity index (χ2n) is 8.10. The first-order valence-electron chi connectivity index (χ1n) is 10.7. The number of benzene rings is 3. The molecule has 0 saturated heterocycles. The van der Waals surface area contributed by atoms with Gasteiger partial charge in [-0.15, -0.1) is 0 Å². The van der Waals surface area contributed by atoms with Crippen molar-refractivity contribution in [2.75, 3.05) is 11.4 Å². The molecule has 35 heavy (non-hydrogen) atoms. The van der Waals surface area contributed by atoms with Crippen LogP contribution in [0, 0.1) is 10.1 Å². The Morgan fingerprint density at radius 2 is 1.71 bits per heavy atom. The SMILES string of the molecule is O=C1C(=O)N(CC(=O)N2N=C(c3ccc([N+](=O)[O-])cc3)CC2c2ccc(Cl)cc2)c2ccccc21. The Balaban J connectivity index is 1.47. The molecule has 1 atom stereocenters. The molecule has 174 valence electrons. The molecule has 2 amide bonds. The zero-order valence-corrected chi connectivity index (χ0v) is 18.9. The lowest BCUT2D eigenvalue weighted by atomic mass is 9.98. The zero-order valence-electron chi connectivity index (χ0n) is 18.1. The number of hydrogen-bond acceptors (Lipinski definition) is 6. The van der Waals surface area contributed by atoms with Gasteiger partial charge in [0.25, 0.3) is 23.3 Å². The summed E-state index contributed by atoms with van der Waals surface area (Å²) in [4.78, 5) is 50.0. The van der Waals surface area contributed by atoms with Crippen molar-refractivity contribution < 1.29 is 19.3 Å². The molecule has 0 aromatic heterocycles. The summed E-state index contributed by atoms with van der Waals surface area (Å²) in [5.41, 5.74) is 2.59. The van der Waals surface area contributed by atoms with Crippen LogP contribution in [0.5, 0.6) is 0 Å². The molecule has 0 aliphatic carbocycles. The maximum Gasteiger partial charge on any atom is 0.299 e. The highest BCUT2D eigenvalue weighted by Gasteiger charge is 2.40. The molecule has 3 aromatic rings. The number of ketones is 1. The summed E-state index contributed by atoms with van der Waals surface area (Å²) in [6.07, 6.45) is 0.356. The van der Waals surface area contributed by atoms with E-state index in [0.717, 1.165) is 10.5 Å². The molecule has 0 radical (unpaired) electrons. The Morgan fingerprint density at radius 3 is 2.40 bits per heavy atom. The van der Waals surface area contributed by atoms with Crippen molar-refractivity contribution in [1.82, 2.24) is 5.01 Å². The van der Waals surface area contributed by atoms with Crippen LogP contribution in [0.4, 0.5) is 11.4 Å². The number of anilines is 1. The molecule has 2 aliphatic rings. The summed E-state index contributed by atoms with van der Waals surface area (Å²) >= 11 is 6.03. The van der Waals surface area contributed by atoms with Gasteiger partial charge in [-0.1, -0.05) is 35.9 Å². The highest BCUT2D eigenvalue weighted by Crippen LogP contribution is 2.35. The van der Waals surface area contributed by atoms with Crippen molar-refractivity contribution in [1.29, 1.82) is 0 Å². The summed E-state index contributed by atoms with van der Waals surface area (Å²) in [7, 11) is 0. The fourth-order valence-electron chi connectivity index (χ4n) is 4.25. The van der Waals surface area contributed by atoms with Crippen molar-refractivity contribution in [3.05, 3.63) is 105 Å². The fraction of sp³-hybridized carbons (Fsp3) is 0.120. The van der Waals surface area contributed by atoms with Crippen LogP contribution in [0.25, 0.3) is 0 Å². The standard InChI is InChI=1S/C25H17ClN4O5/c26-17-9-5-16(6-10-17)22-13-20(15-7-11-18(12-8-15)30(34)35)27-29(22)23(31)14-28-21-4-2-1-3-19(21)24(32)25(28)33/h1-12,22H,13-14H2. The van der Waals surface area contributed by atoms with Gasteiger partial charge in [0.05, 0.1) is 27.9 Å². The normalized spacial score (nSPS) is 16.9. The van der Waals surface area contributed by atoms with Crippen molar-refractivity contribution in [2.45, 2.75) is 12.5 Å². The summed E-state index contributed by atoms with van der Waals surface area (Å²) < 4.78 is 0. The third-order valence-corrected chi connectivity index (χ3v) is 6.26. The predicted molar refractivity (Wildman–Crippen MR) is 128 cm³/mol. The minimum atomic E-state index is -0.763. The van der Waals surface area contributed by atoms with Crippen LogP contribution in [0.1, 0.15) is 33.9 Å². The van der Waals surface area contributed by atoms with Crippen LogP contribution >= 0.6 is 11.6 Å². The summed E-state index contributed by atoms with van der Waals surface area (Å²) in [6, 6.07) is 19.0. The van der Waals surface area contributed by atoms with Gasteiger partial charge in [-0.25, -0.2) is 5.01 Å². The first kappa shape index (κ1) is 22.4.